The van der Waals surface area contributed by atoms with Crippen molar-refractivity contribution in [2.75, 3.05) is 0 Å². The fraction of sp³-hybridized carbons (Fsp3) is 0.158. The molecule has 106 valence electrons. The van der Waals surface area contributed by atoms with E-state index in [1.165, 1.54) is 5.56 Å². The molecule has 0 aliphatic rings. The first-order chi connectivity index (χ1) is 10.3. The second kappa shape index (κ2) is 6.06. The first-order valence-corrected chi connectivity index (χ1v) is 7.20. The molecule has 0 saturated heterocycles. The van der Waals surface area contributed by atoms with Crippen LogP contribution in [0.4, 0.5) is 4.39 Å². The Morgan fingerprint density at radius 2 is 1.52 bits per heavy atom. The van der Waals surface area contributed by atoms with Crippen molar-refractivity contribution in [3.05, 3.63) is 83.7 Å². The van der Waals surface area contributed by atoms with Gasteiger partial charge in [-0.3, -0.25) is 0 Å². The van der Waals surface area contributed by atoms with Crippen molar-refractivity contribution < 1.29 is 4.39 Å². The summed E-state index contributed by atoms with van der Waals surface area (Å²) in [6.07, 6.45) is 0. The Balaban J connectivity index is 1.85. The third-order valence-electron chi connectivity index (χ3n) is 3.83. The molecule has 0 radical (unpaired) electrons. The SMILES string of the molecule is CC(NCc1ccccc1)c1ccc(F)c2ccccc12. The van der Waals surface area contributed by atoms with Crippen molar-refractivity contribution >= 4 is 10.8 Å². The molecule has 0 fully saturated rings. The molecule has 0 bridgehead atoms. The van der Waals surface area contributed by atoms with Crippen LogP contribution in [0.3, 0.4) is 0 Å². The van der Waals surface area contributed by atoms with E-state index in [0.29, 0.717) is 5.39 Å². The van der Waals surface area contributed by atoms with Crippen LogP contribution in [0.5, 0.6) is 0 Å². The highest BCUT2D eigenvalue weighted by Crippen LogP contribution is 2.26. The molecule has 0 spiro atoms. The summed E-state index contributed by atoms with van der Waals surface area (Å²) >= 11 is 0. The third-order valence-corrected chi connectivity index (χ3v) is 3.83. The van der Waals surface area contributed by atoms with Gasteiger partial charge in [0.25, 0.3) is 0 Å². The van der Waals surface area contributed by atoms with Crippen molar-refractivity contribution in [1.82, 2.24) is 5.32 Å². The second-order valence-corrected chi connectivity index (χ2v) is 5.27. The highest BCUT2D eigenvalue weighted by molar-refractivity contribution is 5.86. The van der Waals surface area contributed by atoms with E-state index in [1.54, 1.807) is 6.07 Å². The Hall–Kier alpha value is -2.19. The summed E-state index contributed by atoms with van der Waals surface area (Å²) in [5, 5.41) is 5.17. The number of benzene rings is 3. The predicted octanol–water partition coefficient (Wildman–Crippen LogP) is 4.83. The summed E-state index contributed by atoms with van der Waals surface area (Å²) in [5.74, 6) is -0.162. The normalized spacial score (nSPS) is 12.5. The lowest BCUT2D eigenvalue weighted by Gasteiger charge is -2.17. The Bertz CT molecular complexity index is 737. The van der Waals surface area contributed by atoms with Crippen LogP contribution in [-0.4, -0.2) is 0 Å². The first kappa shape index (κ1) is 13.8. The zero-order chi connectivity index (χ0) is 14.7. The molecule has 2 heteroatoms. The van der Waals surface area contributed by atoms with Gasteiger partial charge in [0.15, 0.2) is 0 Å². The summed E-state index contributed by atoms with van der Waals surface area (Å²) < 4.78 is 13.9. The lowest BCUT2D eigenvalue weighted by atomic mass is 9.99. The molecule has 0 amide bonds. The maximum Gasteiger partial charge on any atom is 0.131 e. The van der Waals surface area contributed by atoms with Gasteiger partial charge in [0, 0.05) is 18.0 Å². The summed E-state index contributed by atoms with van der Waals surface area (Å²) in [4.78, 5) is 0. The molecule has 3 aromatic rings. The van der Waals surface area contributed by atoms with Crippen LogP contribution >= 0.6 is 0 Å². The number of hydrogen-bond acceptors (Lipinski definition) is 1. The fourth-order valence-corrected chi connectivity index (χ4v) is 2.64. The highest BCUT2D eigenvalue weighted by atomic mass is 19.1. The molecular weight excluding hydrogens is 261 g/mol. The number of halogens is 1. The van der Waals surface area contributed by atoms with Crippen LogP contribution in [0.2, 0.25) is 0 Å². The van der Waals surface area contributed by atoms with Crippen molar-refractivity contribution in [3.63, 3.8) is 0 Å². The lowest BCUT2D eigenvalue weighted by Crippen LogP contribution is -2.18. The van der Waals surface area contributed by atoms with E-state index in [4.69, 9.17) is 0 Å². The van der Waals surface area contributed by atoms with Gasteiger partial charge in [0.1, 0.15) is 5.82 Å². The van der Waals surface area contributed by atoms with Crippen LogP contribution in [0.15, 0.2) is 66.7 Å². The van der Waals surface area contributed by atoms with Gasteiger partial charge in [-0.2, -0.15) is 0 Å². The quantitative estimate of drug-likeness (QED) is 0.721. The van der Waals surface area contributed by atoms with Crippen LogP contribution in [0.25, 0.3) is 10.8 Å². The van der Waals surface area contributed by atoms with Crippen LogP contribution in [0.1, 0.15) is 24.1 Å². The zero-order valence-corrected chi connectivity index (χ0v) is 12.0. The Kier molecular flexibility index (Phi) is 3.98. The number of nitrogens with one attached hydrogen (secondary N) is 1. The molecule has 1 nitrogen and oxygen atoms in total. The second-order valence-electron chi connectivity index (χ2n) is 5.27. The predicted molar refractivity (Wildman–Crippen MR) is 85.6 cm³/mol. The number of rotatable bonds is 4. The monoisotopic (exact) mass is 279 g/mol. The smallest absolute Gasteiger partial charge is 0.131 e. The summed E-state index contributed by atoms with van der Waals surface area (Å²) in [6, 6.07) is 21.5. The van der Waals surface area contributed by atoms with Gasteiger partial charge in [-0.05, 0) is 29.5 Å². The van der Waals surface area contributed by atoms with Gasteiger partial charge < -0.3 is 5.32 Å². The van der Waals surface area contributed by atoms with E-state index in [-0.39, 0.29) is 11.9 Å². The summed E-state index contributed by atoms with van der Waals surface area (Å²) in [5.41, 5.74) is 2.37. The molecule has 0 heterocycles. The highest BCUT2D eigenvalue weighted by Gasteiger charge is 2.11. The molecule has 0 aliphatic carbocycles. The maximum absolute atomic E-state index is 13.9. The van der Waals surface area contributed by atoms with Crippen LogP contribution in [-0.2, 0) is 6.54 Å². The van der Waals surface area contributed by atoms with Crippen molar-refractivity contribution in [3.8, 4) is 0 Å². The maximum atomic E-state index is 13.9. The van der Waals surface area contributed by atoms with Gasteiger partial charge in [-0.15, -0.1) is 0 Å². The third kappa shape index (κ3) is 2.96. The van der Waals surface area contributed by atoms with Gasteiger partial charge >= 0.3 is 0 Å². The first-order valence-electron chi connectivity index (χ1n) is 7.20. The van der Waals surface area contributed by atoms with E-state index in [9.17, 15) is 4.39 Å². The van der Waals surface area contributed by atoms with E-state index in [1.807, 2.05) is 48.5 Å². The minimum absolute atomic E-state index is 0.162. The van der Waals surface area contributed by atoms with E-state index in [2.05, 4.69) is 24.4 Å². The zero-order valence-electron chi connectivity index (χ0n) is 12.0. The van der Waals surface area contributed by atoms with E-state index < -0.39 is 0 Å². The van der Waals surface area contributed by atoms with E-state index in [0.717, 1.165) is 17.5 Å². The van der Waals surface area contributed by atoms with Gasteiger partial charge in [0.05, 0.1) is 0 Å². The molecule has 0 aliphatic heterocycles. The molecule has 1 atom stereocenters. The summed E-state index contributed by atoms with van der Waals surface area (Å²) in [6.45, 7) is 2.91. The molecule has 1 N–H and O–H groups in total. The Morgan fingerprint density at radius 3 is 2.29 bits per heavy atom. The fourth-order valence-electron chi connectivity index (χ4n) is 2.64. The van der Waals surface area contributed by atoms with Crippen molar-refractivity contribution in [2.24, 2.45) is 0 Å². The average molecular weight is 279 g/mol. The van der Waals surface area contributed by atoms with Gasteiger partial charge in [0.2, 0.25) is 0 Å². The summed E-state index contributed by atoms with van der Waals surface area (Å²) in [7, 11) is 0. The lowest BCUT2D eigenvalue weighted by molar-refractivity contribution is 0.576. The van der Waals surface area contributed by atoms with Crippen molar-refractivity contribution in [1.29, 1.82) is 0 Å². The van der Waals surface area contributed by atoms with Crippen molar-refractivity contribution in [2.45, 2.75) is 19.5 Å². The van der Waals surface area contributed by atoms with E-state index >= 15 is 0 Å². The van der Waals surface area contributed by atoms with Gasteiger partial charge in [-0.1, -0.05) is 60.7 Å². The number of hydrogen-bond donors (Lipinski definition) is 1. The molecule has 3 aromatic carbocycles. The molecule has 0 saturated carbocycles. The largest absolute Gasteiger partial charge is 0.306 e. The topological polar surface area (TPSA) is 12.0 Å². The molecule has 1 unspecified atom stereocenters. The van der Waals surface area contributed by atoms with Crippen LogP contribution < -0.4 is 5.32 Å². The minimum atomic E-state index is -0.162. The molecule has 21 heavy (non-hydrogen) atoms. The standard InChI is InChI=1S/C19H18FN/c1-14(21-13-15-7-3-2-4-8-15)16-11-12-19(20)18-10-6-5-9-17(16)18/h2-12,14,21H,13H2,1H3. The number of fused-ring (bicyclic) bond motifs is 1. The van der Waals surface area contributed by atoms with Crippen LogP contribution in [0, 0.1) is 5.82 Å². The average Bonchev–Trinajstić information content (AvgIpc) is 2.54. The minimum Gasteiger partial charge on any atom is -0.306 e. The molecule has 0 aromatic heterocycles. The van der Waals surface area contributed by atoms with Gasteiger partial charge in [-0.25, -0.2) is 4.39 Å². The Morgan fingerprint density at radius 1 is 0.857 bits per heavy atom. The Labute approximate surface area is 124 Å². The molecular formula is C19H18FN. The molecule has 3 rings (SSSR count).